The Hall–Kier alpha value is -2.33. The number of likely N-dealkylation sites (N-methyl/N-ethyl adjacent to an activating group) is 1. The fourth-order valence-electron chi connectivity index (χ4n) is 2.40. The maximum absolute atomic E-state index is 12.4. The van der Waals surface area contributed by atoms with Crippen LogP contribution >= 0.6 is 0 Å². The molecule has 1 atom stereocenters. The van der Waals surface area contributed by atoms with Crippen molar-refractivity contribution in [2.24, 2.45) is 0 Å². The van der Waals surface area contributed by atoms with Gasteiger partial charge in [-0.05, 0) is 26.0 Å². The topological polar surface area (TPSA) is 123 Å². The minimum Gasteiger partial charge on any atom is -0.490 e. The molecule has 0 fully saturated rings. The normalized spacial score (nSPS) is 14.7. The van der Waals surface area contributed by atoms with Crippen LogP contribution in [-0.4, -0.2) is 52.6 Å². The van der Waals surface area contributed by atoms with Gasteiger partial charge >= 0.3 is 0 Å². The van der Waals surface area contributed by atoms with E-state index in [-0.39, 0.29) is 23.8 Å². The Balaban J connectivity index is 1.88. The van der Waals surface area contributed by atoms with E-state index in [9.17, 15) is 18.0 Å². The molecule has 0 saturated heterocycles. The Morgan fingerprint density at radius 2 is 1.89 bits per heavy atom. The Kier molecular flexibility index (Phi) is 7.43. The highest BCUT2D eigenvalue weighted by atomic mass is 32.2. The number of fused-ring (bicyclic) bond motifs is 1. The second-order valence-corrected chi connectivity index (χ2v) is 7.76. The predicted molar refractivity (Wildman–Crippen MR) is 98.1 cm³/mol. The molecule has 0 saturated carbocycles. The minimum atomic E-state index is -3.80. The maximum Gasteiger partial charge on any atom is 0.242 e. The third kappa shape index (κ3) is 6.10. The number of hydrogen-bond acceptors (Lipinski definition) is 6. The summed E-state index contributed by atoms with van der Waals surface area (Å²) in [5.74, 6) is 0.169. The van der Waals surface area contributed by atoms with Gasteiger partial charge in [-0.15, -0.1) is 0 Å². The third-order valence-corrected chi connectivity index (χ3v) is 5.25. The minimum absolute atomic E-state index is 0.0304. The van der Waals surface area contributed by atoms with Crippen molar-refractivity contribution in [2.45, 2.75) is 37.6 Å². The Morgan fingerprint density at radius 1 is 1.19 bits per heavy atom. The smallest absolute Gasteiger partial charge is 0.242 e. The lowest BCUT2D eigenvalue weighted by Crippen LogP contribution is -2.45. The first kappa shape index (κ1) is 21.0. The average molecular weight is 399 g/mol. The number of carbonyl (C=O) groups excluding carboxylic acids is 2. The number of amides is 2. The highest BCUT2D eigenvalue weighted by molar-refractivity contribution is 7.89. The highest BCUT2D eigenvalue weighted by Gasteiger charge is 2.19. The van der Waals surface area contributed by atoms with Gasteiger partial charge in [0.25, 0.3) is 0 Å². The number of rotatable bonds is 8. The summed E-state index contributed by atoms with van der Waals surface area (Å²) in [6, 6.07) is 3.69. The molecule has 0 aromatic heterocycles. The van der Waals surface area contributed by atoms with Crippen molar-refractivity contribution in [3.05, 3.63) is 18.2 Å². The molecule has 3 N–H and O–H groups in total. The second-order valence-electron chi connectivity index (χ2n) is 5.99. The number of carbonyl (C=O) groups is 2. The van der Waals surface area contributed by atoms with Crippen LogP contribution in [0, 0.1) is 0 Å². The van der Waals surface area contributed by atoms with E-state index in [1.807, 2.05) is 0 Å². The molecule has 9 nitrogen and oxygen atoms in total. The van der Waals surface area contributed by atoms with Gasteiger partial charge in [0, 0.05) is 32.0 Å². The lowest BCUT2D eigenvalue weighted by Gasteiger charge is -2.14. The Labute approximate surface area is 158 Å². The zero-order valence-corrected chi connectivity index (χ0v) is 16.2. The molecule has 1 aliphatic heterocycles. The van der Waals surface area contributed by atoms with Crippen molar-refractivity contribution in [2.75, 3.05) is 26.3 Å². The van der Waals surface area contributed by atoms with Crippen LogP contribution in [0.25, 0.3) is 0 Å². The van der Waals surface area contributed by atoms with Crippen molar-refractivity contribution in [1.29, 1.82) is 0 Å². The SMILES string of the molecule is CCNC(=O)[C@@H](C)NC(=O)CCNS(=O)(=O)c1ccc2c(c1)OCCCO2. The van der Waals surface area contributed by atoms with Crippen LogP contribution in [0.3, 0.4) is 0 Å². The van der Waals surface area contributed by atoms with Crippen molar-refractivity contribution in [1.82, 2.24) is 15.4 Å². The molecular formula is C17H25N3O6S. The van der Waals surface area contributed by atoms with Crippen LogP contribution < -0.4 is 24.8 Å². The van der Waals surface area contributed by atoms with Gasteiger partial charge in [0.05, 0.1) is 18.1 Å². The molecule has 10 heteroatoms. The van der Waals surface area contributed by atoms with Gasteiger partial charge in [0.15, 0.2) is 11.5 Å². The van der Waals surface area contributed by atoms with E-state index in [1.54, 1.807) is 19.9 Å². The summed E-state index contributed by atoms with van der Waals surface area (Å²) in [5.41, 5.74) is 0. The molecule has 150 valence electrons. The number of nitrogens with one attached hydrogen (secondary N) is 3. The van der Waals surface area contributed by atoms with Crippen LogP contribution in [0.5, 0.6) is 11.5 Å². The van der Waals surface area contributed by atoms with E-state index >= 15 is 0 Å². The quantitative estimate of drug-likeness (QED) is 0.572. The van der Waals surface area contributed by atoms with Gasteiger partial charge < -0.3 is 20.1 Å². The molecule has 0 radical (unpaired) electrons. The molecule has 2 amide bonds. The van der Waals surface area contributed by atoms with E-state index in [2.05, 4.69) is 15.4 Å². The number of hydrogen-bond donors (Lipinski definition) is 3. The standard InChI is InChI=1S/C17H25N3O6S/c1-3-18-17(22)12(2)20-16(21)7-8-19-27(23,24)13-5-6-14-15(11-13)26-10-4-9-25-14/h5-6,11-12,19H,3-4,7-10H2,1-2H3,(H,18,22)(H,20,21)/t12-/m1/s1. The van der Waals surface area contributed by atoms with E-state index in [0.29, 0.717) is 31.3 Å². The molecule has 0 spiro atoms. The molecule has 1 aromatic carbocycles. The average Bonchev–Trinajstić information content (AvgIpc) is 2.86. The Bertz CT molecular complexity index is 781. The number of sulfonamides is 1. The van der Waals surface area contributed by atoms with Crippen LogP contribution in [0.15, 0.2) is 23.1 Å². The van der Waals surface area contributed by atoms with Crippen molar-refractivity contribution in [3.8, 4) is 11.5 Å². The zero-order chi connectivity index (χ0) is 19.9. The van der Waals surface area contributed by atoms with Gasteiger partial charge in [-0.3, -0.25) is 9.59 Å². The zero-order valence-electron chi connectivity index (χ0n) is 15.4. The molecule has 1 aromatic rings. The first-order valence-corrected chi connectivity index (χ1v) is 10.3. The highest BCUT2D eigenvalue weighted by Crippen LogP contribution is 2.31. The fraction of sp³-hybridized carbons (Fsp3) is 0.529. The first-order chi connectivity index (χ1) is 12.8. The molecule has 27 heavy (non-hydrogen) atoms. The van der Waals surface area contributed by atoms with Gasteiger partial charge in [0.2, 0.25) is 21.8 Å². The monoisotopic (exact) mass is 399 g/mol. The van der Waals surface area contributed by atoms with E-state index in [4.69, 9.17) is 9.47 Å². The first-order valence-electron chi connectivity index (χ1n) is 8.80. The largest absolute Gasteiger partial charge is 0.490 e. The summed E-state index contributed by atoms with van der Waals surface area (Å²) in [4.78, 5) is 23.5. The van der Waals surface area contributed by atoms with Gasteiger partial charge in [-0.25, -0.2) is 13.1 Å². The molecule has 1 heterocycles. The second kappa shape index (κ2) is 9.56. The summed E-state index contributed by atoms with van der Waals surface area (Å²) < 4.78 is 38.1. The molecule has 0 aliphatic carbocycles. The van der Waals surface area contributed by atoms with Crippen LogP contribution in [0.4, 0.5) is 0 Å². The summed E-state index contributed by atoms with van der Waals surface area (Å²) in [6.07, 6.45) is 0.631. The van der Waals surface area contributed by atoms with E-state index in [1.165, 1.54) is 12.1 Å². The van der Waals surface area contributed by atoms with Crippen LogP contribution in [0.1, 0.15) is 26.7 Å². The summed E-state index contributed by atoms with van der Waals surface area (Å²) in [5, 5.41) is 5.11. The van der Waals surface area contributed by atoms with Crippen molar-refractivity contribution in [3.63, 3.8) is 0 Å². The fourth-order valence-corrected chi connectivity index (χ4v) is 3.45. The molecule has 0 unspecified atom stereocenters. The summed E-state index contributed by atoms with van der Waals surface area (Å²) in [6.45, 7) is 4.68. The number of benzene rings is 1. The van der Waals surface area contributed by atoms with Crippen molar-refractivity contribution < 1.29 is 27.5 Å². The maximum atomic E-state index is 12.4. The summed E-state index contributed by atoms with van der Waals surface area (Å²) in [7, 11) is -3.80. The molecule has 0 bridgehead atoms. The molecule has 1 aliphatic rings. The lowest BCUT2D eigenvalue weighted by atomic mass is 10.3. The van der Waals surface area contributed by atoms with Gasteiger partial charge in [-0.2, -0.15) is 0 Å². The summed E-state index contributed by atoms with van der Waals surface area (Å²) >= 11 is 0. The van der Waals surface area contributed by atoms with E-state index < -0.39 is 22.0 Å². The van der Waals surface area contributed by atoms with Crippen LogP contribution in [-0.2, 0) is 19.6 Å². The van der Waals surface area contributed by atoms with Crippen LogP contribution in [0.2, 0.25) is 0 Å². The van der Waals surface area contributed by atoms with Gasteiger partial charge in [-0.1, -0.05) is 0 Å². The van der Waals surface area contributed by atoms with Gasteiger partial charge in [0.1, 0.15) is 6.04 Å². The van der Waals surface area contributed by atoms with E-state index in [0.717, 1.165) is 6.42 Å². The predicted octanol–water partition coefficient (Wildman–Crippen LogP) is 0.157. The van der Waals surface area contributed by atoms with Crippen molar-refractivity contribution >= 4 is 21.8 Å². The lowest BCUT2D eigenvalue weighted by molar-refractivity contribution is -0.128. The Morgan fingerprint density at radius 3 is 2.59 bits per heavy atom. The molecule has 2 rings (SSSR count). The third-order valence-electron chi connectivity index (χ3n) is 3.80. The number of ether oxygens (including phenoxy) is 2. The molecular weight excluding hydrogens is 374 g/mol.